The summed E-state index contributed by atoms with van der Waals surface area (Å²) in [6.45, 7) is 1.17. The molecular weight excluding hydrogens is 422 g/mol. The highest BCUT2D eigenvalue weighted by atomic mass is 16.5. The van der Waals surface area contributed by atoms with Gasteiger partial charge in [0, 0.05) is 13.2 Å². The summed E-state index contributed by atoms with van der Waals surface area (Å²) in [6.07, 6.45) is 3.57. The molecule has 0 unspecified atom stereocenters. The van der Waals surface area contributed by atoms with Crippen molar-refractivity contribution >= 4 is 28.8 Å². The lowest BCUT2D eigenvalue weighted by atomic mass is 10.1. The summed E-state index contributed by atoms with van der Waals surface area (Å²) in [5, 5.41) is 18.6. The Labute approximate surface area is 191 Å². The molecule has 1 heterocycles. The van der Waals surface area contributed by atoms with Crippen LogP contribution < -0.4 is 15.5 Å². The van der Waals surface area contributed by atoms with Crippen molar-refractivity contribution in [2.24, 2.45) is 5.10 Å². The third-order valence-electron chi connectivity index (χ3n) is 5.29. The van der Waals surface area contributed by atoms with E-state index in [-0.39, 0.29) is 29.9 Å². The van der Waals surface area contributed by atoms with Crippen LogP contribution in [0.15, 0.2) is 65.8 Å². The fourth-order valence-electron chi connectivity index (χ4n) is 3.52. The molecular formula is C25H25N3O5. The number of fused-ring (bicyclic) bond motifs is 1. The topological polar surface area (TPSA) is 109 Å². The van der Waals surface area contributed by atoms with Crippen molar-refractivity contribution in [1.82, 2.24) is 10.7 Å². The van der Waals surface area contributed by atoms with Crippen LogP contribution in [0.25, 0.3) is 10.8 Å². The molecule has 0 aromatic heterocycles. The molecule has 1 fully saturated rings. The number of hydrogen-bond donors (Lipinski definition) is 3. The molecule has 3 N–H and O–H groups in total. The van der Waals surface area contributed by atoms with Gasteiger partial charge in [-0.15, -0.1) is 0 Å². The largest absolute Gasteiger partial charge is 0.507 e. The van der Waals surface area contributed by atoms with Crippen LogP contribution in [0, 0.1) is 0 Å². The van der Waals surface area contributed by atoms with Gasteiger partial charge >= 0.3 is 0 Å². The average Bonchev–Trinajstić information content (AvgIpc) is 3.35. The molecule has 3 aromatic rings. The Hall–Kier alpha value is -3.91. The third kappa shape index (κ3) is 6.08. The number of phenolic OH excluding ortho intramolecular Hbond substituents is 1. The predicted molar refractivity (Wildman–Crippen MR) is 125 cm³/mol. The number of phenols is 1. The first-order valence-electron chi connectivity index (χ1n) is 10.7. The lowest BCUT2D eigenvalue weighted by molar-refractivity contribution is -0.123. The number of hydrogen-bond acceptors (Lipinski definition) is 6. The second-order valence-electron chi connectivity index (χ2n) is 7.71. The Morgan fingerprint density at radius 3 is 2.61 bits per heavy atom. The molecule has 8 heteroatoms. The van der Waals surface area contributed by atoms with Gasteiger partial charge in [-0.1, -0.05) is 24.3 Å². The molecule has 0 saturated carbocycles. The van der Waals surface area contributed by atoms with Gasteiger partial charge in [0.05, 0.1) is 17.9 Å². The zero-order valence-corrected chi connectivity index (χ0v) is 18.0. The molecule has 0 radical (unpaired) electrons. The number of carbonyl (C=O) groups is 2. The van der Waals surface area contributed by atoms with Crippen LogP contribution >= 0.6 is 0 Å². The van der Waals surface area contributed by atoms with E-state index in [1.165, 1.54) is 6.21 Å². The minimum absolute atomic E-state index is 0.0779. The first-order chi connectivity index (χ1) is 16.1. The maximum Gasteiger partial charge on any atom is 0.275 e. The summed E-state index contributed by atoms with van der Waals surface area (Å²) < 4.78 is 11.0. The van der Waals surface area contributed by atoms with Gasteiger partial charge in [-0.05, 0) is 65.6 Å². The Morgan fingerprint density at radius 1 is 1.12 bits per heavy atom. The van der Waals surface area contributed by atoms with E-state index in [2.05, 4.69) is 15.8 Å². The second kappa shape index (κ2) is 10.6. The molecule has 8 nitrogen and oxygen atoms in total. The molecule has 33 heavy (non-hydrogen) atoms. The minimum Gasteiger partial charge on any atom is -0.507 e. The Balaban J connectivity index is 1.25. The fourth-order valence-corrected chi connectivity index (χ4v) is 3.52. The van der Waals surface area contributed by atoms with Crippen molar-refractivity contribution in [3.8, 4) is 11.5 Å². The van der Waals surface area contributed by atoms with Gasteiger partial charge in [0.2, 0.25) is 0 Å². The molecule has 1 aliphatic heterocycles. The van der Waals surface area contributed by atoms with Gasteiger partial charge in [0.15, 0.2) is 6.61 Å². The molecule has 0 aliphatic carbocycles. The van der Waals surface area contributed by atoms with Gasteiger partial charge < -0.3 is 19.9 Å². The molecule has 0 bridgehead atoms. The monoisotopic (exact) mass is 447 g/mol. The number of rotatable bonds is 8. The maximum absolute atomic E-state index is 12.4. The van der Waals surface area contributed by atoms with Crippen molar-refractivity contribution in [2.45, 2.75) is 18.9 Å². The van der Waals surface area contributed by atoms with E-state index >= 15 is 0 Å². The second-order valence-corrected chi connectivity index (χ2v) is 7.71. The normalized spacial score (nSPS) is 15.6. The van der Waals surface area contributed by atoms with Gasteiger partial charge in [0.1, 0.15) is 11.5 Å². The summed E-state index contributed by atoms with van der Waals surface area (Å²) in [7, 11) is 0. The zero-order chi connectivity index (χ0) is 23.0. The van der Waals surface area contributed by atoms with Crippen LogP contribution in [0.5, 0.6) is 11.5 Å². The van der Waals surface area contributed by atoms with Gasteiger partial charge in [-0.25, -0.2) is 5.43 Å². The quantitative estimate of drug-likeness (QED) is 0.363. The van der Waals surface area contributed by atoms with Gasteiger partial charge in [-0.3, -0.25) is 9.59 Å². The number of carbonyl (C=O) groups excluding carboxylic acids is 2. The lowest BCUT2D eigenvalue weighted by Crippen LogP contribution is -2.35. The maximum atomic E-state index is 12.4. The summed E-state index contributed by atoms with van der Waals surface area (Å²) in [5.74, 6) is -0.272. The predicted octanol–water partition coefficient (Wildman–Crippen LogP) is 2.98. The summed E-state index contributed by atoms with van der Waals surface area (Å²) in [4.78, 5) is 24.3. The molecule has 1 saturated heterocycles. The molecule has 4 rings (SSSR count). The highest BCUT2D eigenvalue weighted by molar-refractivity contribution is 6.01. The number of benzene rings is 3. The molecule has 0 spiro atoms. The van der Waals surface area contributed by atoms with E-state index in [4.69, 9.17) is 9.47 Å². The smallest absolute Gasteiger partial charge is 0.275 e. The Kier molecular flexibility index (Phi) is 7.16. The summed E-state index contributed by atoms with van der Waals surface area (Å²) in [6, 6.07) is 17.6. The summed E-state index contributed by atoms with van der Waals surface area (Å²) in [5.41, 5.74) is 3.30. The Bertz CT molecular complexity index is 1150. The van der Waals surface area contributed by atoms with Gasteiger partial charge in [-0.2, -0.15) is 5.10 Å². The molecule has 170 valence electrons. The van der Waals surface area contributed by atoms with Crippen molar-refractivity contribution < 1.29 is 24.2 Å². The molecule has 1 atom stereocenters. The van der Waals surface area contributed by atoms with Crippen LogP contribution in [0.2, 0.25) is 0 Å². The number of amides is 2. The number of nitrogens with one attached hydrogen (secondary N) is 2. The van der Waals surface area contributed by atoms with Crippen molar-refractivity contribution in [2.75, 3.05) is 19.8 Å². The average molecular weight is 447 g/mol. The molecule has 1 aliphatic rings. The summed E-state index contributed by atoms with van der Waals surface area (Å²) >= 11 is 0. The van der Waals surface area contributed by atoms with Crippen LogP contribution in [-0.4, -0.2) is 49.0 Å². The Morgan fingerprint density at radius 2 is 1.88 bits per heavy atom. The SMILES string of the molecule is O=C(COc1ccc(/C=N\NC(=O)c2cc3ccccc3cc2O)cc1)NC[C@H]1CCCO1. The number of ether oxygens (including phenoxy) is 2. The molecule has 3 aromatic carbocycles. The number of aromatic hydroxyl groups is 1. The zero-order valence-electron chi connectivity index (χ0n) is 18.0. The van der Waals surface area contributed by atoms with E-state index in [0.717, 1.165) is 35.8 Å². The standard InChI is InChI=1S/C25H25N3O5/c29-23-13-19-5-2-1-4-18(19)12-22(23)25(31)28-27-14-17-7-9-20(10-8-17)33-16-24(30)26-15-21-6-3-11-32-21/h1-2,4-5,7-10,12-14,21,29H,3,6,11,15-16H2,(H,26,30)(H,28,31)/b27-14-/t21-/m1/s1. The van der Waals surface area contributed by atoms with Crippen LogP contribution in [-0.2, 0) is 9.53 Å². The van der Waals surface area contributed by atoms with Crippen LogP contribution in [0.3, 0.4) is 0 Å². The number of hydrazone groups is 1. The van der Waals surface area contributed by atoms with Crippen molar-refractivity contribution in [3.63, 3.8) is 0 Å². The third-order valence-corrected chi connectivity index (χ3v) is 5.29. The van der Waals surface area contributed by atoms with Crippen molar-refractivity contribution in [3.05, 3.63) is 71.8 Å². The minimum atomic E-state index is -0.511. The van der Waals surface area contributed by atoms with E-state index in [9.17, 15) is 14.7 Å². The highest BCUT2D eigenvalue weighted by Gasteiger charge is 2.16. The fraction of sp³-hybridized carbons (Fsp3) is 0.240. The van der Waals surface area contributed by atoms with Crippen LogP contribution in [0.1, 0.15) is 28.8 Å². The van der Waals surface area contributed by atoms with E-state index < -0.39 is 5.91 Å². The van der Waals surface area contributed by atoms with E-state index in [1.54, 1.807) is 36.4 Å². The molecule has 2 amide bonds. The number of nitrogens with zero attached hydrogens (tertiary/aromatic N) is 1. The van der Waals surface area contributed by atoms with E-state index in [1.807, 2.05) is 24.3 Å². The first kappa shape index (κ1) is 22.3. The van der Waals surface area contributed by atoms with E-state index in [0.29, 0.717) is 12.3 Å². The van der Waals surface area contributed by atoms with Crippen LogP contribution in [0.4, 0.5) is 0 Å². The van der Waals surface area contributed by atoms with Crippen molar-refractivity contribution in [1.29, 1.82) is 0 Å². The lowest BCUT2D eigenvalue weighted by Gasteiger charge is -2.11. The van der Waals surface area contributed by atoms with Gasteiger partial charge in [0.25, 0.3) is 11.8 Å². The first-order valence-corrected chi connectivity index (χ1v) is 10.7. The highest BCUT2D eigenvalue weighted by Crippen LogP contribution is 2.24.